The number of benzene rings is 1. The summed E-state index contributed by atoms with van der Waals surface area (Å²) in [5.41, 5.74) is 5.21. The van der Waals surface area contributed by atoms with E-state index in [-0.39, 0.29) is 11.8 Å². The summed E-state index contributed by atoms with van der Waals surface area (Å²) >= 11 is 1.49. The number of nitrogens with two attached hydrogens (primary N) is 1. The molecule has 1 aromatic rings. The van der Waals surface area contributed by atoms with Crippen LogP contribution in [0.1, 0.15) is 5.56 Å². The molecule has 5 nitrogen and oxygen atoms in total. The number of rotatable bonds is 2. The normalized spacial score (nSPS) is 41.5. The third-order valence-corrected chi connectivity index (χ3v) is 6.36. The number of fused-ring (bicyclic) bond motifs is 2. The minimum atomic E-state index is -1.02. The van der Waals surface area contributed by atoms with Crippen molar-refractivity contribution < 1.29 is 4.74 Å². The number of amidine groups is 1. The van der Waals surface area contributed by atoms with E-state index in [9.17, 15) is 10.5 Å². The van der Waals surface area contributed by atoms with E-state index in [2.05, 4.69) is 17.1 Å². The van der Waals surface area contributed by atoms with Crippen LogP contribution in [-0.2, 0) is 11.2 Å². The summed E-state index contributed by atoms with van der Waals surface area (Å²) in [5.74, 6) is 0.840. The van der Waals surface area contributed by atoms with Crippen LogP contribution < -0.4 is 5.73 Å². The molecule has 1 saturated heterocycles. The van der Waals surface area contributed by atoms with E-state index in [1.165, 1.54) is 11.8 Å². The molecule has 0 bridgehead atoms. The fraction of sp³-hybridized carbons (Fsp3) is 0.438. The Morgan fingerprint density at radius 2 is 2.09 bits per heavy atom. The summed E-state index contributed by atoms with van der Waals surface area (Å²) < 4.78 is 5.84. The zero-order chi connectivity index (χ0) is 15.4. The quantitative estimate of drug-likeness (QED) is 0.896. The monoisotopic (exact) mass is 310 g/mol. The van der Waals surface area contributed by atoms with Gasteiger partial charge in [-0.05, 0) is 12.0 Å². The number of nitriles is 2. The van der Waals surface area contributed by atoms with Gasteiger partial charge in [-0.15, -0.1) is 0 Å². The van der Waals surface area contributed by atoms with Gasteiger partial charge in [-0.1, -0.05) is 42.1 Å². The number of nitrogens with zero attached hydrogens (tertiary/aromatic N) is 3. The summed E-state index contributed by atoms with van der Waals surface area (Å²) in [6.45, 7) is 0.532. The molecular weight excluding hydrogens is 296 g/mol. The SMILES string of the molecule is N#C[C@@]12[C@H](Cc3ccccc3)[C@]1(C#N)C(N)=N[C@@]21OCCS1. The maximum atomic E-state index is 9.93. The zero-order valence-electron chi connectivity index (χ0n) is 11.8. The summed E-state index contributed by atoms with van der Waals surface area (Å²) in [7, 11) is 0. The third-order valence-electron chi connectivity index (χ3n) is 5.07. The Morgan fingerprint density at radius 3 is 2.68 bits per heavy atom. The van der Waals surface area contributed by atoms with Gasteiger partial charge in [0.25, 0.3) is 0 Å². The smallest absolute Gasteiger partial charge is 0.230 e. The molecule has 0 radical (unpaired) electrons. The van der Waals surface area contributed by atoms with E-state index in [0.29, 0.717) is 13.0 Å². The van der Waals surface area contributed by atoms with Crippen LogP contribution in [0.3, 0.4) is 0 Å². The molecule has 1 spiro atoms. The van der Waals surface area contributed by atoms with E-state index in [1.807, 2.05) is 30.3 Å². The molecule has 2 fully saturated rings. The Morgan fingerprint density at radius 1 is 1.32 bits per heavy atom. The van der Waals surface area contributed by atoms with Crippen LogP contribution in [0.15, 0.2) is 35.3 Å². The Bertz CT molecular complexity index is 744. The van der Waals surface area contributed by atoms with Crippen molar-refractivity contribution in [3.63, 3.8) is 0 Å². The highest BCUT2D eigenvalue weighted by Crippen LogP contribution is 2.81. The first-order valence-electron chi connectivity index (χ1n) is 7.17. The Kier molecular flexibility index (Phi) is 2.64. The maximum Gasteiger partial charge on any atom is 0.230 e. The maximum absolute atomic E-state index is 9.93. The topological polar surface area (TPSA) is 95.2 Å². The number of ether oxygens (including phenoxy) is 1. The van der Waals surface area contributed by atoms with Crippen molar-refractivity contribution in [2.24, 2.45) is 27.5 Å². The molecule has 22 heavy (non-hydrogen) atoms. The minimum Gasteiger partial charge on any atom is -0.386 e. The van der Waals surface area contributed by atoms with E-state index in [1.54, 1.807) is 0 Å². The fourth-order valence-corrected chi connectivity index (χ4v) is 5.40. The summed E-state index contributed by atoms with van der Waals surface area (Å²) in [6, 6.07) is 14.6. The Hall–Kier alpha value is -2.02. The van der Waals surface area contributed by atoms with Crippen molar-refractivity contribution in [3.8, 4) is 12.1 Å². The second kappa shape index (κ2) is 4.25. The van der Waals surface area contributed by atoms with Gasteiger partial charge >= 0.3 is 0 Å². The van der Waals surface area contributed by atoms with Crippen LogP contribution >= 0.6 is 11.8 Å². The molecule has 3 aliphatic rings. The van der Waals surface area contributed by atoms with Crippen molar-refractivity contribution in [1.29, 1.82) is 10.5 Å². The van der Waals surface area contributed by atoms with Gasteiger partial charge in [0.2, 0.25) is 5.06 Å². The number of aliphatic imine (C=N–C) groups is 1. The van der Waals surface area contributed by atoms with Crippen LogP contribution in [-0.4, -0.2) is 23.3 Å². The molecule has 2 N–H and O–H groups in total. The van der Waals surface area contributed by atoms with Gasteiger partial charge in [0.15, 0.2) is 0 Å². The highest BCUT2D eigenvalue weighted by molar-refractivity contribution is 8.00. The van der Waals surface area contributed by atoms with Crippen molar-refractivity contribution >= 4 is 17.6 Å². The lowest BCUT2D eigenvalue weighted by Crippen LogP contribution is -2.34. The van der Waals surface area contributed by atoms with Gasteiger partial charge in [-0.2, -0.15) is 10.5 Å². The molecule has 4 atom stereocenters. The first-order valence-corrected chi connectivity index (χ1v) is 8.15. The zero-order valence-corrected chi connectivity index (χ0v) is 12.6. The van der Waals surface area contributed by atoms with E-state index in [0.717, 1.165) is 11.3 Å². The van der Waals surface area contributed by atoms with Gasteiger partial charge in [0.05, 0.1) is 18.7 Å². The van der Waals surface area contributed by atoms with Gasteiger partial charge < -0.3 is 10.5 Å². The van der Waals surface area contributed by atoms with E-state index in [4.69, 9.17) is 10.5 Å². The molecule has 2 heterocycles. The van der Waals surface area contributed by atoms with E-state index < -0.39 is 15.9 Å². The van der Waals surface area contributed by atoms with Crippen LogP contribution in [0.4, 0.5) is 0 Å². The van der Waals surface area contributed by atoms with Crippen LogP contribution in [0.25, 0.3) is 0 Å². The first-order chi connectivity index (χ1) is 10.7. The number of hydrogen-bond donors (Lipinski definition) is 1. The highest BCUT2D eigenvalue weighted by Gasteiger charge is 2.92. The van der Waals surface area contributed by atoms with Crippen molar-refractivity contribution in [1.82, 2.24) is 0 Å². The molecule has 0 unspecified atom stereocenters. The molecule has 1 saturated carbocycles. The minimum absolute atomic E-state index is 0.180. The van der Waals surface area contributed by atoms with Crippen molar-refractivity contribution in [3.05, 3.63) is 35.9 Å². The largest absolute Gasteiger partial charge is 0.386 e. The highest BCUT2D eigenvalue weighted by atomic mass is 32.2. The third kappa shape index (κ3) is 1.27. The van der Waals surface area contributed by atoms with Gasteiger partial charge in [-0.25, -0.2) is 4.99 Å². The molecule has 0 aromatic heterocycles. The number of hydrogen-bond acceptors (Lipinski definition) is 6. The molecule has 4 rings (SSSR count). The Balaban J connectivity index is 1.80. The number of thioether (sulfide) groups is 1. The molecule has 6 heteroatoms. The standard InChI is InChI=1S/C16H14N4OS/c17-9-14-12(8-11-4-2-1-3-5-11)15(14,10-18)16(20-13(14)19)21-6-7-22-16/h1-5,12H,6-8H2,(H2,19,20)/t12-,14-,15-,16-/m1/s1. The van der Waals surface area contributed by atoms with Gasteiger partial charge in [-0.3, -0.25) is 0 Å². The lowest BCUT2D eigenvalue weighted by atomic mass is 9.95. The fourth-order valence-electron chi connectivity index (χ4n) is 4.05. The van der Waals surface area contributed by atoms with Crippen molar-refractivity contribution in [2.45, 2.75) is 11.5 Å². The molecule has 110 valence electrons. The summed E-state index contributed by atoms with van der Waals surface area (Å²) in [4.78, 5) is 4.42. The summed E-state index contributed by atoms with van der Waals surface area (Å²) in [5, 5.41) is 18.7. The van der Waals surface area contributed by atoms with Gasteiger partial charge in [0.1, 0.15) is 16.7 Å². The molecular formula is C16H14N4OS. The second-order valence-corrected chi connectivity index (χ2v) is 7.11. The van der Waals surface area contributed by atoms with Crippen LogP contribution in [0, 0.1) is 39.4 Å². The van der Waals surface area contributed by atoms with Gasteiger partial charge in [0, 0.05) is 11.7 Å². The average Bonchev–Trinajstić information content (AvgIpc) is 2.81. The predicted molar refractivity (Wildman–Crippen MR) is 82.5 cm³/mol. The van der Waals surface area contributed by atoms with Crippen molar-refractivity contribution in [2.75, 3.05) is 12.4 Å². The summed E-state index contributed by atoms with van der Waals surface area (Å²) in [6.07, 6.45) is 0.629. The van der Waals surface area contributed by atoms with E-state index >= 15 is 0 Å². The predicted octanol–water partition coefficient (Wildman–Crippen LogP) is 1.67. The van der Waals surface area contributed by atoms with Crippen LogP contribution in [0.5, 0.6) is 0 Å². The molecule has 1 aliphatic carbocycles. The lowest BCUT2D eigenvalue weighted by molar-refractivity contribution is 0.0168. The average molecular weight is 310 g/mol. The lowest BCUT2D eigenvalue weighted by Gasteiger charge is -2.26. The first kappa shape index (κ1) is 13.6. The van der Waals surface area contributed by atoms with Crippen LogP contribution in [0.2, 0.25) is 0 Å². The second-order valence-electron chi connectivity index (χ2n) is 5.86. The molecule has 0 amide bonds. The molecule has 2 aliphatic heterocycles. The molecule has 1 aromatic carbocycles. The Labute approximate surface area is 132 Å².